The molecule has 0 aliphatic rings. The Morgan fingerprint density at radius 3 is 2.56 bits per heavy atom. The van der Waals surface area contributed by atoms with E-state index in [9.17, 15) is 4.79 Å². The van der Waals surface area contributed by atoms with Crippen LogP contribution < -0.4 is 14.8 Å². The van der Waals surface area contributed by atoms with E-state index >= 15 is 0 Å². The first-order valence-corrected chi connectivity index (χ1v) is 8.54. The predicted molar refractivity (Wildman–Crippen MR) is 99.8 cm³/mol. The summed E-state index contributed by atoms with van der Waals surface area (Å²) < 4.78 is 10.5. The Labute approximate surface area is 150 Å². The molecule has 0 aliphatic carbocycles. The smallest absolute Gasteiger partial charge is 0.255 e. The largest absolute Gasteiger partial charge is 0.493 e. The first-order chi connectivity index (χ1) is 12.1. The van der Waals surface area contributed by atoms with Gasteiger partial charge >= 0.3 is 0 Å². The summed E-state index contributed by atoms with van der Waals surface area (Å²) in [5.74, 6) is 0.983. The molecule has 1 aromatic heterocycles. The van der Waals surface area contributed by atoms with E-state index in [1.807, 2.05) is 30.5 Å². The van der Waals surface area contributed by atoms with Crippen molar-refractivity contribution in [1.29, 1.82) is 0 Å². The van der Waals surface area contributed by atoms with E-state index in [-0.39, 0.29) is 5.91 Å². The van der Waals surface area contributed by atoms with Gasteiger partial charge in [-0.05, 0) is 31.2 Å². The van der Waals surface area contributed by atoms with Crippen molar-refractivity contribution in [3.8, 4) is 22.1 Å². The molecule has 1 N–H and O–H groups in total. The van der Waals surface area contributed by atoms with Crippen molar-refractivity contribution in [1.82, 2.24) is 4.98 Å². The molecule has 3 rings (SSSR count). The van der Waals surface area contributed by atoms with E-state index in [0.29, 0.717) is 22.7 Å². The van der Waals surface area contributed by atoms with E-state index in [1.165, 1.54) is 0 Å². The van der Waals surface area contributed by atoms with Crippen molar-refractivity contribution < 1.29 is 14.3 Å². The van der Waals surface area contributed by atoms with Gasteiger partial charge in [0.1, 0.15) is 5.01 Å². The quantitative estimate of drug-likeness (QED) is 0.738. The van der Waals surface area contributed by atoms with Crippen LogP contribution in [0.2, 0.25) is 0 Å². The van der Waals surface area contributed by atoms with Crippen LogP contribution >= 0.6 is 11.3 Å². The zero-order valence-corrected chi connectivity index (χ0v) is 15.0. The highest BCUT2D eigenvalue weighted by Gasteiger charge is 2.11. The molecule has 5 nitrogen and oxygen atoms in total. The second-order valence-corrected chi connectivity index (χ2v) is 6.26. The van der Waals surface area contributed by atoms with Crippen LogP contribution in [0.5, 0.6) is 11.5 Å². The lowest BCUT2D eigenvalue weighted by atomic mass is 10.1. The third-order valence-electron chi connectivity index (χ3n) is 3.63. The van der Waals surface area contributed by atoms with E-state index < -0.39 is 0 Å². The normalized spacial score (nSPS) is 10.4. The average Bonchev–Trinajstić information content (AvgIpc) is 3.08. The minimum Gasteiger partial charge on any atom is -0.493 e. The maximum atomic E-state index is 12.6. The van der Waals surface area contributed by atoms with Crippen LogP contribution in [0.4, 0.5) is 5.69 Å². The molecule has 1 amide bonds. The van der Waals surface area contributed by atoms with Gasteiger partial charge in [-0.2, -0.15) is 0 Å². The minimum atomic E-state index is -0.192. The Kier molecular flexibility index (Phi) is 5.00. The number of ether oxygens (including phenoxy) is 2. The van der Waals surface area contributed by atoms with Crippen molar-refractivity contribution in [3.63, 3.8) is 0 Å². The number of methoxy groups -OCH3 is 2. The van der Waals surface area contributed by atoms with Crippen molar-refractivity contribution >= 4 is 22.9 Å². The lowest BCUT2D eigenvalue weighted by Crippen LogP contribution is -2.12. The Morgan fingerprint density at radius 1 is 1.08 bits per heavy atom. The van der Waals surface area contributed by atoms with E-state index in [1.54, 1.807) is 49.8 Å². The minimum absolute atomic E-state index is 0.192. The number of rotatable bonds is 5. The zero-order chi connectivity index (χ0) is 17.8. The number of anilines is 1. The molecule has 0 fully saturated rings. The van der Waals surface area contributed by atoms with E-state index in [2.05, 4.69) is 10.3 Å². The number of carbonyl (C=O) groups is 1. The van der Waals surface area contributed by atoms with Crippen LogP contribution in [0.1, 0.15) is 16.1 Å². The monoisotopic (exact) mass is 354 g/mol. The van der Waals surface area contributed by atoms with Gasteiger partial charge < -0.3 is 14.8 Å². The molecule has 0 saturated heterocycles. The summed E-state index contributed by atoms with van der Waals surface area (Å²) in [5.41, 5.74) is 3.11. The standard InChI is InChI=1S/C19H18N2O3S/c1-12-11-25-19(20-12)14-6-4-5-13(9-14)18(22)21-15-7-8-16(23-2)17(10-15)24-3/h4-11H,1-3H3,(H,21,22). The van der Waals surface area contributed by atoms with E-state index in [4.69, 9.17) is 9.47 Å². The van der Waals surface area contributed by atoms with Crippen molar-refractivity contribution in [2.45, 2.75) is 6.92 Å². The van der Waals surface area contributed by atoms with Gasteiger partial charge in [0.2, 0.25) is 0 Å². The zero-order valence-electron chi connectivity index (χ0n) is 14.2. The number of thiazole rings is 1. The molecule has 3 aromatic rings. The molecule has 2 aromatic carbocycles. The van der Waals surface area contributed by atoms with E-state index in [0.717, 1.165) is 16.3 Å². The number of aromatic nitrogens is 1. The van der Waals surface area contributed by atoms with Crippen molar-refractivity contribution in [2.24, 2.45) is 0 Å². The summed E-state index contributed by atoms with van der Waals surface area (Å²) >= 11 is 1.56. The average molecular weight is 354 g/mol. The third kappa shape index (κ3) is 3.80. The first kappa shape index (κ1) is 17.0. The van der Waals surface area contributed by atoms with Crippen molar-refractivity contribution in [2.75, 3.05) is 19.5 Å². The second kappa shape index (κ2) is 7.36. The fraction of sp³-hybridized carbons (Fsp3) is 0.158. The molecule has 6 heteroatoms. The molecule has 0 aliphatic heterocycles. The molecule has 128 valence electrons. The fourth-order valence-electron chi connectivity index (χ4n) is 2.40. The van der Waals surface area contributed by atoms with Crippen LogP contribution in [0.15, 0.2) is 47.8 Å². The Hall–Kier alpha value is -2.86. The SMILES string of the molecule is COc1ccc(NC(=O)c2cccc(-c3nc(C)cs3)c2)cc1OC. The summed E-state index contributed by atoms with van der Waals surface area (Å²) in [6.07, 6.45) is 0. The molecule has 0 unspecified atom stereocenters. The van der Waals surface area contributed by atoms with Crippen LogP contribution in [0.3, 0.4) is 0 Å². The summed E-state index contributed by atoms with van der Waals surface area (Å²) in [5, 5.41) is 5.77. The predicted octanol–water partition coefficient (Wildman–Crippen LogP) is 4.39. The topological polar surface area (TPSA) is 60.5 Å². The maximum Gasteiger partial charge on any atom is 0.255 e. The lowest BCUT2D eigenvalue weighted by Gasteiger charge is -2.11. The number of aryl methyl sites for hydroxylation is 1. The molecule has 0 spiro atoms. The van der Waals surface area contributed by atoms with Crippen LogP contribution in [-0.2, 0) is 0 Å². The highest BCUT2D eigenvalue weighted by molar-refractivity contribution is 7.13. The number of nitrogens with zero attached hydrogens (tertiary/aromatic N) is 1. The number of benzene rings is 2. The van der Waals surface area contributed by atoms with Crippen molar-refractivity contribution in [3.05, 3.63) is 59.1 Å². The van der Waals surface area contributed by atoms with Gasteiger partial charge in [0.25, 0.3) is 5.91 Å². The first-order valence-electron chi connectivity index (χ1n) is 7.66. The summed E-state index contributed by atoms with van der Waals surface area (Å²) in [6.45, 7) is 1.95. The fourth-order valence-corrected chi connectivity index (χ4v) is 3.19. The molecule has 25 heavy (non-hydrogen) atoms. The van der Waals surface area contributed by atoms with Gasteiger partial charge in [-0.25, -0.2) is 4.98 Å². The number of nitrogens with one attached hydrogen (secondary N) is 1. The molecular formula is C19H18N2O3S. The second-order valence-electron chi connectivity index (χ2n) is 5.40. The van der Waals surface area contributed by atoms with Crippen LogP contribution in [-0.4, -0.2) is 25.1 Å². The number of hydrogen-bond acceptors (Lipinski definition) is 5. The summed E-state index contributed by atoms with van der Waals surface area (Å²) in [4.78, 5) is 17.0. The van der Waals surface area contributed by atoms with Gasteiger partial charge in [-0.15, -0.1) is 11.3 Å². The summed E-state index contributed by atoms with van der Waals surface area (Å²) in [6, 6.07) is 12.7. The maximum absolute atomic E-state index is 12.6. The van der Waals surface area contributed by atoms with Crippen LogP contribution in [0.25, 0.3) is 10.6 Å². The molecule has 0 saturated carbocycles. The number of carbonyl (C=O) groups excluding carboxylic acids is 1. The van der Waals surface area contributed by atoms with Gasteiger partial charge in [-0.1, -0.05) is 12.1 Å². The molecular weight excluding hydrogens is 336 g/mol. The summed E-state index contributed by atoms with van der Waals surface area (Å²) in [7, 11) is 3.13. The Morgan fingerprint density at radius 2 is 1.88 bits per heavy atom. The molecule has 0 radical (unpaired) electrons. The molecule has 0 atom stereocenters. The molecule has 1 heterocycles. The van der Waals surface area contributed by atoms with Gasteiger partial charge in [0.05, 0.1) is 14.2 Å². The van der Waals surface area contributed by atoms with Crippen LogP contribution in [0, 0.1) is 6.92 Å². The Bertz CT molecular complexity index is 905. The molecule has 0 bridgehead atoms. The highest BCUT2D eigenvalue weighted by atomic mass is 32.1. The number of amides is 1. The lowest BCUT2D eigenvalue weighted by molar-refractivity contribution is 0.102. The number of hydrogen-bond donors (Lipinski definition) is 1. The van der Waals surface area contributed by atoms with Gasteiger partial charge in [0.15, 0.2) is 11.5 Å². The van der Waals surface area contributed by atoms with Gasteiger partial charge in [-0.3, -0.25) is 4.79 Å². The third-order valence-corrected chi connectivity index (χ3v) is 4.64. The van der Waals surface area contributed by atoms with Gasteiger partial charge in [0, 0.05) is 34.0 Å². The highest BCUT2D eigenvalue weighted by Crippen LogP contribution is 2.30. The Balaban J connectivity index is 1.82.